The van der Waals surface area contributed by atoms with Crippen LogP contribution in [-0.2, 0) is 4.79 Å². The Bertz CT molecular complexity index is 707. The van der Waals surface area contributed by atoms with E-state index in [1.165, 1.54) is 57.8 Å². The highest BCUT2D eigenvalue weighted by Crippen LogP contribution is 2.46. The van der Waals surface area contributed by atoms with Gasteiger partial charge in [0.2, 0.25) is 0 Å². The predicted octanol–water partition coefficient (Wildman–Crippen LogP) is 7.07. The molecule has 6 atom stereocenters. The average Bonchev–Trinajstić information content (AvgIpc) is 3.71. The van der Waals surface area contributed by atoms with Gasteiger partial charge in [-0.1, -0.05) is 74.8 Å². The van der Waals surface area contributed by atoms with Crippen molar-refractivity contribution < 1.29 is 20.1 Å². The number of unbranched alkanes of at least 4 members (excludes halogenated alkanes) is 2. The van der Waals surface area contributed by atoms with Gasteiger partial charge in [-0.05, 0) is 95.0 Å². The third-order valence-electron chi connectivity index (χ3n) is 6.82. The summed E-state index contributed by atoms with van der Waals surface area (Å²) in [5, 5.41) is 26.5. The van der Waals surface area contributed by atoms with E-state index in [2.05, 4.69) is 30.9 Å². The molecule has 0 aromatic heterocycles. The van der Waals surface area contributed by atoms with E-state index < -0.39 is 12.1 Å². The zero-order valence-corrected chi connectivity index (χ0v) is 22.4. The summed E-state index contributed by atoms with van der Waals surface area (Å²) >= 11 is 0. The van der Waals surface area contributed by atoms with E-state index >= 15 is 0 Å². The summed E-state index contributed by atoms with van der Waals surface area (Å²) in [5.41, 5.74) is 0. The number of carbonyl (C=O) groups is 1. The zero-order valence-electron chi connectivity index (χ0n) is 22.4. The molecule has 0 amide bonds. The van der Waals surface area contributed by atoms with Crippen molar-refractivity contribution in [2.45, 2.75) is 116 Å². The number of hydrogen-bond acceptors (Lipinski definition) is 3. The van der Waals surface area contributed by atoms with Gasteiger partial charge in [-0.2, -0.15) is 0 Å². The summed E-state index contributed by atoms with van der Waals surface area (Å²) < 4.78 is 0. The minimum atomic E-state index is -0.688. The molecule has 0 heterocycles. The topological polar surface area (TPSA) is 77.8 Å². The Hall–Kier alpha value is -1.83. The van der Waals surface area contributed by atoms with Gasteiger partial charge in [0.25, 0.3) is 0 Å². The van der Waals surface area contributed by atoms with Gasteiger partial charge < -0.3 is 15.3 Å². The van der Waals surface area contributed by atoms with Crippen LogP contribution in [0, 0.1) is 35.5 Å². The second kappa shape index (κ2) is 19.4. The van der Waals surface area contributed by atoms with Crippen LogP contribution >= 0.6 is 0 Å². The first-order valence-electron chi connectivity index (χ1n) is 13.9. The van der Waals surface area contributed by atoms with Gasteiger partial charge in [-0.3, -0.25) is 4.79 Å². The SMILES string of the molecule is CC(O)C#C/C=C\CC[C@@H]1C[C@H]1CCCC(=O)O.CCCCC[C@@H]1C[C@H]1CC/C=C\C=C\[C@@H](C)O. The standard InChI is InChI=1S/C16H28O.C15H22O3/c1-3-4-7-11-15-13-16(15)12-9-6-5-8-10-14(2)17;1-12(16)7-4-2-3-5-8-13-11-14(13)9-6-10-15(17)18/h5-6,8,10,14-17H,3-4,7,9,11-13H2,1-2H3;2-3,12-14,16H,5-6,8-11H2,1H3,(H,17,18)/b6-5-,10-8+;3-2-/t14-,15-,16-;12?,13-,14-/m11/s1. The molecule has 1 unspecified atom stereocenters. The van der Waals surface area contributed by atoms with Gasteiger partial charge in [-0.15, -0.1) is 0 Å². The third kappa shape index (κ3) is 19.1. The molecule has 198 valence electrons. The predicted molar refractivity (Wildman–Crippen MR) is 146 cm³/mol. The molecule has 0 spiro atoms. The molecule has 2 aliphatic carbocycles. The van der Waals surface area contributed by atoms with Gasteiger partial charge in [0.05, 0.1) is 6.10 Å². The highest BCUT2D eigenvalue weighted by Gasteiger charge is 2.35. The number of carboxylic acids is 1. The molecule has 2 saturated carbocycles. The second-order valence-corrected chi connectivity index (χ2v) is 10.4. The number of allylic oxidation sites excluding steroid dienone is 5. The number of hydrogen-bond donors (Lipinski definition) is 3. The maximum absolute atomic E-state index is 10.4. The monoisotopic (exact) mass is 486 g/mol. The Kier molecular flexibility index (Phi) is 17.3. The van der Waals surface area contributed by atoms with Crippen molar-refractivity contribution in [3.63, 3.8) is 0 Å². The molecular formula is C31H50O4. The fraction of sp³-hybridized carbons (Fsp3) is 0.710. The minimum absolute atomic E-state index is 0.304. The van der Waals surface area contributed by atoms with Crippen LogP contribution in [-0.4, -0.2) is 33.5 Å². The molecule has 0 aromatic rings. The Morgan fingerprint density at radius 2 is 1.49 bits per heavy atom. The fourth-order valence-corrected chi connectivity index (χ4v) is 4.54. The van der Waals surface area contributed by atoms with E-state index in [0.717, 1.165) is 42.9 Å². The van der Waals surface area contributed by atoms with Crippen LogP contribution < -0.4 is 0 Å². The quantitative estimate of drug-likeness (QED) is 0.124. The van der Waals surface area contributed by atoms with Crippen LogP contribution in [0.3, 0.4) is 0 Å². The fourth-order valence-electron chi connectivity index (χ4n) is 4.54. The summed E-state index contributed by atoms with van der Waals surface area (Å²) in [6.07, 6.45) is 26.3. The molecule has 0 aromatic carbocycles. The van der Waals surface area contributed by atoms with Crippen molar-refractivity contribution in [2.24, 2.45) is 23.7 Å². The molecule has 0 radical (unpaired) electrons. The molecule has 4 nitrogen and oxygen atoms in total. The highest BCUT2D eigenvalue weighted by atomic mass is 16.4. The van der Waals surface area contributed by atoms with Crippen LogP contribution in [0.5, 0.6) is 0 Å². The summed E-state index contributed by atoms with van der Waals surface area (Å²) in [4.78, 5) is 10.4. The normalized spacial score (nSPS) is 24.6. The Morgan fingerprint density at radius 1 is 0.886 bits per heavy atom. The van der Waals surface area contributed by atoms with Gasteiger partial charge in [0, 0.05) is 6.42 Å². The van der Waals surface area contributed by atoms with Crippen molar-refractivity contribution >= 4 is 5.97 Å². The number of aliphatic carboxylic acids is 1. The maximum Gasteiger partial charge on any atom is 0.303 e. The van der Waals surface area contributed by atoms with E-state index in [-0.39, 0.29) is 6.10 Å². The van der Waals surface area contributed by atoms with E-state index in [9.17, 15) is 4.79 Å². The van der Waals surface area contributed by atoms with Gasteiger partial charge in [0.15, 0.2) is 0 Å². The van der Waals surface area contributed by atoms with Crippen LogP contribution in [0.1, 0.15) is 104 Å². The molecule has 2 aliphatic rings. The molecule has 3 N–H and O–H groups in total. The first-order valence-corrected chi connectivity index (χ1v) is 13.9. The van der Waals surface area contributed by atoms with Crippen LogP contribution in [0.2, 0.25) is 0 Å². The van der Waals surface area contributed by atoms with Crippen LogP contribution in [0.4, 0.5) is 0 Å². The Morgan fingerprint density at radius 3 is 2.06 bits per heavy atom. The maximum atomic E-state index is 10.4. The first-order chi connectivity index (χ1) is 16.8. The van der Waals surface area contributed by atoms with Crippen molar-refractivity contribution in [1.29, 1.82) is 0 Å². The molecule has 2 rings (SSSR count). The first kappa shape index (κ1) is 31.2. The van der Waals surface area contributed by atoms with E-state index in [4.69, 9.17) is 15.3 Å². The summed E-state index contributed by atoms with van der Waals surface area (Å²) in [6.45, 7) is 5.69. The summed E-state index contributed by atoms with van der Waals surface area (Å²) in [7, 11) is 0. The Balaban J connectivity index is 0.000000351. The van der Waals surface area contributed by atoms with E-state index in [0.29, 0.717) is 6.42 Å². The van der Waals surface area contributed by atoms with Crippen molar-refractivity contribution in [3.05, 3.63) is 36.5 Å². The summed E-state index contributed by atoms with van der Waals surface area (Å²) in [5.74, 6) is 8.35. The minimum Gasteiger partial charge on any atom is -0.481 e. The molecule has 2 fully saturated rings. The van der Waals surface area contributed by atoms with Gasteiger partial charge in [-0.25, -0.2) is 0 Å². The van der Waals surface area contributed by atoms with Crippen molar-refractivity contribution in [2.75, 3.05) is 0 Å². The molecule has 4 heteroatoms. The zero-order chi connectivity index (χ0) is 25.9. The number of carboxylic acid groups (broad SMARTS) is 1. The van der Waals surface area contributed by atoms with Gasteiger partial charge in [0.1, 0.15) is 6.10 Å². The molecule has 0 saturated heterocycles. The number of aliphatic hydroxyl groups is 2. The van der Waals surface area contributed by atoms with Crippen LogP contribution in [0.25, 0.3) is 0 Å². The van der Waals surface area contributed by atoms with Crippen molar-refractivity contribution in [3.8, 4) is 11.8 Å². The smallest absolute Gasteiger partial charge is 0.303 e. The lowest BCUT2D eigenvalue weighted by atomic mass is 10.1. The molecular weight excluding hydrogens is 436 g/mol. The highest BCUT2D eigenvalue weighted by molar-refractivity contribution is 5.66. The number of rotatable bonds is 16. The lowest BCUT2D eigenvalue weighted by Crippen LogP contribution is -1.94. The van der Waals surface area contributed by atoms with E-state index in [1.807, 2.05) is 12.2 Å². The third-order valence-corrected chi connectivity index (χ3v) is 6.82. The molecule has 0 aliphatic heterocycles. The van der Waals surface area contributed by atoms with Crippen LogP contribution in [0.15, 0.2) is 36.5 Å². The number of aliphatic hydroxyl groups excluding tert-OH is 2. The largest absolute Gasteiger partial charge is 0.481 e. The molecule has 0 bridgehead atoms. The second-order valence-electron chi connectivity index (χ2n) is 10.4. The lowest BCUT2D eigenvalue weighted by Gasteiger charge is -1.98. The Labute approximate surface area is 214 Å². The lowest BCUT2D eigenvalue weighted by molar-refractivity contribution is -0.137. The van der Waals surface area contributed by atoms with E-state index in [1.54, 1.807) is 26.0 Å². The van der Waals surface area contributed by atoms with Crippen molar-refractivity contribution in [1.82, 2.24) is 0 Å². The average molecular weight is 487 g/mol. The summed E-state index contributed by atoms with van der Waals surface area (Å²) in [6, 6.07) is 0. The van der Waals surface area contributed by atoms with Gasteiger partial charge >= 0.3 is 5.97 Å². The molecule has 35 heavy (non-hydrogen) atoms.